The fourth-order valence-electron chi connectivity index (χ4n) is 2.28. The molecular formula is C17H11Cl2NO2S2. The Labute approximate surface area is 158 Å². The number of halogens is 2. The number of aromatic hydroxyl groups is 1. The minimum absolute atomic E-state index is 0.128. The van der Waals surface area contributed by atoms with Crippen molar-refractivity contribution in [2.24, 2.45) is 0 Å². The van der Waals surface area contributed by atoms with Crippen LogP contribution >= 0.6 is 47.2 Å². The molecule has 2 aromatic rings. The highest BCUT2D eigenvalue weighted by Crippen LogP contribution is 2.38. The van der Waals surface area contributed by atoms with Gasteiger partial charge in [-0.05, 0) is 48.4 Å². The van der Waals surface area contributed by atoms with Crippen LogP contribution in [0.5, 0.6) is 5.75 Å². The van der Waals surface area contributed by atoms with Crippen molar-refractivity contribution in [1.29, 1.82) is 0 Å². The van der Waals surface area contributed by atoms with Crippen LogP contribution in [0.3, 0.4) is 0 Å². The van der Waals surface area contributed by atoms with Crippen LogP contribution in [-0.2, 0) is 4.79 Å². The molecule has 0 bridgehead atoms. The molecular weight excluding hydrogens is 385 g/mol. The van der Waals surface area contributed by atoms with Crippen LogP contribution in [0.4, 0.5) is 5.69 Å². The summed E-state index contributed by atoms with van der Waals surface area (Å²) >= 11 is 18.4. The number of phenolic OH excluding ortho intramolecular Hbond substituents is 1. The molecule has 1 aliphatic heterocycles. The van der Waals surface area contributed by atoms with Gasteiger partial charge in [-0.1, -0.05) is 59.3 Å². The van der Waals surface area contributed by atoms with Crippen LogP contribution in [0, 0.1) is 6.92 Å². The number of rotatable bonds is 2. The second-order valence-electron chi connectivity index (χ2n) is 5.19. The quantitative estimate of drug-likeness (QED) is 0.544. The van der Waals surface area contributed by atoms with Crippen LogP contribution in [0.1, 0.15) is 11.1 Å². The van der Waals surface area contributed by atoms with Gasteiger partial charge in [0.25, 0.3) is 5.91 Å². The highest BCUT2D eigenvalue weighted by Gasteiger charge is 2.33. The first-order valence-electron chi connectivity index (χ1n) is 6.89. The molecule has 1 amide bonds. The molecule has 0 radical (unpaired) electrons. The van der Waals surface area contributed by atoms with Crippen molar-refractivity contribution < 1.29 is 9.90 Å². The third-order valence-electron chi connectivity index (χ3n) is 3.39. The minimum Gasteiger partial charge on any atom is -0.505 e. The Balaban J connectivity index is 1.97. The summed E-state index contributed by atoms with van der Waals surface area (Å²) in [6.07, 6.45) is 1.66. The minimum atomic E-state index is -0.198. The zero-order chi connectivity index (χ0) is 17.4. The average Bonchev–Trinajstić information content (AvgIpc) is 2.79. The highest BCUT2D eigenvalue weighted by atomic mass is 35.5. The predicted octanol–water partition coefficient (Wildman–Crippen LogP) is 5.41. The summed E-state index contributed by atoms with van der Waals surface area (Å²) in [5, 5.41) is 9.87. The van der Waals surface area contributed by atoms with Gasteiger partial charge in [0, 0.05) is 0 Å². The normalized spacial score (nSPS) is 16.3. The molecule has 0 saturated carbocycles. The van der Waals surface area contributed by atoms with Gasteiger partial charge in [-0.15, -0.1) is 0 Å². The molecule has 0 aliphatic carbocycles. The van der Waals surface area contributed by atoms with E-state index in [-0.39, 0.29) is 21.7 Å². The number of benzene rings is 2. The Morgan fingerprint density at radius 3 is 2.50 bits per heavy atom. The molecule has 1 fully saturated rings. The molecule has 1 saturated heterocycles. The summed E-state index contributed by atoms with van der Waals surface area (Å²) in [7, 11) is 0. The number of amides is 1. The number of hydrogen-bond acceptors (Lipinski definition) is 4. The van der Waals surface area contributed by atoms with E-state index in [1.807, 2.05) is 31.2 Å². The van der Waals surface area contributed by atoms with E-state index in [0.717, 1.165) is 11.3 Å². The third kappa shape index (κ3) is 3.30. The number of thiocarbonyl (C=S) groups is 1. The fourth-order valence-corrected chi connectivity index (χ4v) is 4.08. The molecule has 1 aliphatic rings. The van der Waals surface area contributed by atoms with Crippen LogP contribution in [-0.4, -0.2) is 15.3 Å². The Morgan fingerprint density at radius 2 is 1.88 bits per heavy atom. The highest BCUT2D eigenvalue weighted by molar-refractivity contribution is 8.27. The van der Waals surface area contributed by atoms with Gasteiger partial charge < -0.3 is 5.11 Å². The first kappa shape index (κ1) is 17.3. The summed E-state index contributed by atoms with van der Waals surface area (Å²) < 4.78 is 0.466. The lowest BCUT2D eigenvalue weighted by Crippen LogP contribution is -2.27. The lowest BCUT2D eigenvalue weighted by atomic mass is 10.2. The van der Waals surface area contributed by atoms with E-state index in [9.17, 15) is 9.90 Å². The monoisotopic (exact) mass is 395 g/mol. The molecule has 1 N–H and O–H groups in total. The van der Waals surface area contributed by atoms with Gasteiger partial charge in [-0.25, -0.2) is 0 Å². The molecule has 0 aromatic heterocycles. The second-order valence-corrected chi connectivity index (χ2v) is 7.68. The zero-order valence-corrected chi connectivity index (χ0v) is 15.6. The van der Waals surface area contributed by atoms with Crippen molar-refractivity contribution in [1.82, 2.24) is 0 Å². The topological polar surface area (TPSA) is 40.5 Å². The number of carbonyl (C=O) groups excluding carboxylic acids is 1. The molecule has 122 valence electrons. The number of phenols is 1. The van der Waals surface area contributed by atoms with Gasteiger partial charge in [-0.2, -0.15) is 0 Å². The standard InChI is InChI=1S/C17H11Cl2NO2S2/c1-9-3-2-4-11(5-9)20-16(22)14(24-17(20)23)8-10-6-12(18)15(21)13(19)7-10/h2-8,21H,1H3. The molecule has 0 spiro atoms. The maximum Gasteiger partial charge on any atom is 0.270 e. The largest absolute Gasteiger partial charge is 0.505 e. The number of carbonyl (C=O) groups is 1. The van der Waals surface area contributed by atoms with E-state index < -0.39 is 0 Å². The van der Waals surface area contributed by atoms with E-state index in [1.165, 1.54) is 16.7 Å². The summed E-state index contributed by atoms with van der Waals surface area (Å²) in [4.78, 5) is 14.7. The number of hydrogen-bond donors (Lipinski definition) is 1. The summed E-state index contributed by atoms with van der Waals surface area (Å²) in [6.45, 7) is 1.96. The van der Waals surface area contributed by atoms with Crippen molar-refractivity contribution in [2.45, 2.75) is 6.92 Å². The molecule has 3 rings (SSSR count). The lowest BCUT2D eigenvalue weighted by Gasteiger charge is -2.14. The smallest absolute Gasteiger partial charge is 0.270 e. The van der Waals surface area contributed by atoms with Gasteiger partial charge in [0.2, 0.25) is 0 Å². The van der Waals surface area contributed by atoms with Crippen LogP contribution in [0.2, 0.25) is 10.0 Å². The molecule has 7 heteroatoms. The number of nitrogens with zero attached hydrogens (tertiary/aromatic N) is 1. The van der Waals surface area contributed by atoms with Crippen molar-refractivity contribution >= 4 is 69.2 Å². The molecule has 2 aromatic carbocycles. The molecule has 0 unspecified atom stereocenters. The van der Waals surface area contributed by atoms with Crippen molar-refractivity contribution in [3.63, 3.8) is 0 Å². The zero-order valence-electron chi connectivity index (χ0n) is 12.4. The van der Waals surface area contributed by atoms with Crippen LogP contribution < -0.4 is 4.90 Å². The summed E-state index contributed by atoms with van der Waals surface area (Å²) in [5.74, 6) is -0.376. The van der Waals surface area contributed by atoms with E-state index in [0.29, 0.717) is 14.8 Å². The molecule has 3 nitrogen and oxygen atoms in total. The third-order valence-corrected chi connectivity index (χ3v) is 5.27. The summed E-state index contributed by atoms with van der Waals surface area (Å²) in [5.41, 5.74) is 2.40. The average molecular weight is 396 g/mol. The van der Waals surface area contributed by atoms with Crippen molar-refractivity contribution in [2.75, 3.05) is 4.90 Å². The molecule has 1 heterocycles. The van der Waals surface area contributed by atoms with E-state index in [2.05, 4.69) is 0 Å². The predicted molar refractivity (Wildman–Crippen MR) is 105 cm³/mol. The molecule has 24 heavy (non-hydrogen) atoms. The summed E-state index contributed by atoms with van der Waals surface area (Å²) in [6, 6.07) is 10.7. The van der Waals surface area contributed by atoms with Gasteiger partial charge >= 0.3 is 0 Å². The maximum atomic E-state index is 12.7. The van der Waals surface area contributed by atoms with E-state index in [4.69, 9.17) is 35.4 Å². The number of aryl methyl sites for hydroxylation is 1. The van der Waals surface area contributed by atoms with Crippen LogP contribution in [0.15, 0.2) is 41.3 Å². The lowest BCUT2D eigenvalue weighted by molar-refractivity contribution is -0.113. The van der Waals surface area contributed by atoms with Crippen molar-refractivity contribution in [3.05, 3.63) is 62.5 Å². The fraction of sp³-hybridized carbons (Fsp3) is 0.0588. The first-order valence-corrected chi connectivity index (χ1v) is 8.87. The van der Waals surface area contributed by atoms with Gasteiger partial charge in [0.15, 0.2) is 10.1 Å². The SMILES string of the molecule is Cc1cccc(N2C(=O)C(=Cc3cc(Cl)c(O)c(Cl)c3)SC2=S)c1. The van der Waals surface area contributed by atoms with E-state index in [1.54, 1.807) is 18.2 Å². The Morgan fingerprint density at radius 1 is 1.21 bits per heavy atom. The second kappa shape index (κ2) is 6.76. The molecule has 0 atom stereocenters. The van der Waals surface area contributed by atoms with Crippen molar-refractivity contribution in [3.8, 4) is 5.75 Å². The number of anilines is 1. The van der Waals surface area contributed by atoms with E-state index >= 15 is 0 Å². The van der Waals surface area contributed by atoms with Gasteiger partial charge in [-0.3, -0.25) is 9.69 Å². The number of thioether (sulfide) groups is 1. The maximum absolute atomic E-state index is 12.7. The van der Waals surface area contributed by atoms with Gasteiger partial charge in [0.05, 0.1) is 20.6 Å². The van der Waals surface area contributed by atoms with Gasteiger partial charge in [0.1, 0.15) is 0 Å². The Bertz CT molecular complexity index is 873. The first-order chi connectivity index (χ1) is 11.4. The Hall–Kier alpha value is -1.53. The van der Waals surface area contributed by atoms with Crippen LogP contribution in [0.25, 0.3) is 6.08 Å². The Kier molecular flexibility index (Phi) is 4.88.